The van der Waals surface area contributed by atoms with Crippen LogP contribution in [0.15, 0.2) is 22.7 Å². The van der Waals surface area contributed by atoms with E-state index in [1.54, 1.807) is 0 Å². The van der Waals surface area contributed by atoms with Crippen molar-refractivity contribution >= 4 is 37.5 Å². The lowest BCUT2D eigenvalue weighted by Crippen LogP contribution is -1.85. The van der Waals surface area contributed by atoms with Gasteiger partial charge in [-0.2, -0.15) is 4.37 Å². The second-order valence-electron chi connectivity index (χ2n) is 2.80. The molecule has 1 nitrogen and oxygen atoms in total. The van der Waals surface area contributed by atoms with Crippen molar-refractivity contribution in [3.63, 3.8) is 0 Å². The van der Waals surface area contributed by atoms with E-state index in [1.165, 1.54) is 18.5 Å². The number of alkyl halides is 1. The molecule has 0 aliphatic carbocycles. The average Bonchev–Trinajstić information content (AvgIpc) is 2.49. The third-order valence-electron chi connectivity index (χ3n) is 1.85. The first-order valence-electron chi connectivity index (χ1n) is 3.88. The van der Waals surface area contributed by atoms with Crippen molar-refractivity contribution in [1.82, 2.24) is 4.37 Å². The summed E-state index contributed by atoms with van der Waals surface area (Å²) in [5, 5.41) is 0.905. The minimum atomic E-state index is -1.01. The summed E-state index contributed by atoms with van der Waals surface area (Å²) >= 11 is 4.73. The van der Waals surface area contributed by atoms with Gasteiger partial charge in [-0.15, -0.1) is 0 Å². The molecule has 0 bridgehead atoms. The lowest BCUT2D eigenvalue weighted by atomic mass is 10.2. The predicted octanol–water partition coefficient (Wildman–Crippen LogP) is 4.09. The fourth-order valence-corrected chi connectivity index (χ4v) is 2.82. The maximum Gasteiger partial charge on any atom is 0.141 e. The van der Waals surface area contributed by atoms with Gasteiger partial charge in [-0.3, -0.25) is 0 Å². The second-order valence-corrected chi connectivity index (χ2v) is 4.46. The smallest absolute Gasteiger partial charge is 0.141 e. The maximum absolute atomic E-state index is 13.1. The molecule has 68 valence electrons. The number of rotatable bonds is 1. The van der Waals surface area contributed by atoms with Crippen molar-refractivity contribution in [1.29, 1.82) is 0 Å². The zero-order chi connectivity index (χ0) is 9.42. The van der Waals surface area contributed by atoms with Crippen LogP contribution in [-0.4, -0.2) is 4.37 Å². The first kappa shape index (κ1) is 9.09. The zero-order valence-corrected chi connectivity index (χ0v) is 9.32. The molecule has 0 saturated heterocycles. The SMILES string of the molecule is CC(F)c1nsc2cccc(Br)c12. The average molecular weight is 260 g/mol. The van der Waals surface area contributed by atoms with E-state index < -0.39 is 6.17 Å². The molecule has 4 heteroatoms. The van der Waals surface area contributed by atoms with Crippen molar-refractivity contribution in [2.75, 3.05) is 0 Å². The van der Waals surface area contributed by atoms with E-state index in [1.807, 2.05) is 18.2 Å². The molecule has 0 aliphatic rings. The number of nitrogens with zero attached hydrogens (tertiary/aromatic N) is 1. The maximum atomic E-state index is 13.1. The summed E-state index contributed by atoms with van der Waals surface area (Å²) in [5.74, 6) is 0. The third kappa shape index (κ3) is 1.48. The molecule has 0 amide bonds. The molecule has 13 heavy (non-hydrogen) atoms. The van der Waals surface area contributed by atoms with E-state index in [0.717, 1.165) is 14.6 Å². The van der Waals surface area contributed by atoms with E-state index in [-0.39, 0.29) is 0 Å². The first-order chi connectivity index (χ1) is 6.20. The molecule has 2 aromatic rings. The van der Waals surface area contributed by atoms with Crippen molar-refractivity contribution in [3.05, 3.63) is 28.4 Å². The van der Waals surface area contributed by atoms with Crippen LogP contribution in [0.5, 0.6) is 0 Å². The minimum absolute atomic E-state index is 0.535. The van der Waals surface area contributed by atoms with Crippen LogP contribution in [0.1, 0.15) is 18.8 Å². The summed E-state index contributed by atoms with van der Waals surface area (Å²) in [5.41, 5.74) is 0.535. The van der Waals surface area contributed by atoms with Crippen LogP contribution in [-0.2, 0) is 0 Å². The van der Waals surface area contributed by atoms with Gasteiger partial charge >= 0.3 is 0 Å². The Morgan fingerprint density at radius 2 is 2.31 bits per heavy atom. The molecule has 0 radical (unpaired) electrons. The largest absolute Gasteiger partial charge is 0.241 e. The zero-order valence-electron chi connectivity index (χ0n) is 6.92. The second kappa shape index (κ2) is 3.35. The molecule has 0 spiro atoms. The Morgan fingerprint density at radius 1 is 1.54 bits per heavy atom. The van der Waals surface area contributed by atoms with Gasteiger partial charge in [-0.05, 0) is 30.6 Å². The van der Waals surface area contributed by atoms with Crippen LogP contribution in [0, 0.1) is 0 Å². The lowest BCUT2D eigenvalue weighted by molar-refractivity contribution is 0.370. The highest BCUT2D eigenvalue weighted by molar-refractivity contribution is 9.10. The Labute approximate surface area is 87.9 Å². The molecule has 0 fully saturated rings. The van der Waals surface area contributed by atoms with Gasteiger partial charge in [0, 0.05) is 9.86 Å². The van der Waals surface area contributed by atoms with E-state index in [2.05, 4.69) is 20.3 Å². The van der Waals surface area contributed by atoms with Gasteiger partial charge in [0.15, 0.2) is 0 Å². The van der Waals surface area contributed by atoms with E-state index >= 15 is 0 Å². The third-order valence-corrected chi connectivity index (χ3v) is 3.34. The van der Waals surface area contributed by atoms with Crippen molar-refractivity contribution < 1.29 is 4.39 Å². The Hall–Kier alpha value is -0.480. The molecule has 0 saturated carbocycles. The molecule has 0 aliphatic heterocycles. The van der Waals surface area contributed by atoms with E-state index in [4.69, 9.17) is 0 Å². The molecule has 1 aromatic heterocycles. The highest BCUT2D eigenvalue weighted by Crippen LogP contribution is 2.33. The molecule has 1 unspecified atom stereocenters. The molecular formula is C9H7BrFNS. The number of benzene rings is 1. The highest BCUT2D eigenvalue weighted by atomic mass is 79.9. The summed E-state index contributed by atoms with van der Waals surface area (Å²) in [6, 6.07) is 5.78. The Balaban J connectivity index is 2.79. The normalized spacial score (nSPS) is 13.5. The summed E-state index contributed by atoms with van der Waals surface area (Å²) in [7, 11) is 0. The fourth-order valence-electron chi connectivity index (χ4n) is 1.24. The van der Waals surface area contributed by atoms with Crippen LogP contribution in [0.4, 0.5) is 4.39 Å². The standard InChI is InChI=1S/C9H7BrFNS/c1-5(11)9-8-6(10)3-2-4-7(8)13-12-9/h2-5H,1H3. The fraction of sp³-hybridized carbons (Fsp3) is 0.222. The molecule has 0 N–H and O–H groups in total. The number of aromatic nitrogens is 1. The highest BCUT2D eigenvalue weighted by Gasteiger charge is 2.14. The summed E-state index contributed by atoms with van der Waals surface area (Å²) in [4.78, 5) is 0. The topological polar surface area (TPSA) is 12.9 Å². The van der Waals surface area contributed by atoms with Crippen molar-refractivity contribution in [2.45, 2.75) is 13.1 Å². The van der Waals surface area contributed by atoms with Gasteiger partial charge in [0.25, 0.3) is 0 Å². The van der Waals surface area contributed by atoms with Gasteiger partial charge in [-0.1, -0.05) is 22.0 Å². The molecule has 1 heterocycles. The van der Waals surface area contributed by atoms with Crippen LogP contribution in [0.25, 0.3) is 10.1 Å². The molecule has 2 rings (SSSR count). The molecule has 1 atom stereocenters. The molecule has 1 aromatic carbocycles. The van der Waals surface area contributed by atoms with Crippen molar-refractivity contribution in [2.24, 2.45) is 0 Å². The number of hydrogen-bond donors (Lipinski definition) is 0. The number of hydrogen-bond acceptors (Lipinski definition) is 2. The summed E-state index contributed by atoms with van der Waals surface area (Å²) in [6.07, 6.45) is -1.01. The number of fused-ring (bicyclic) bond motifs is 1. The Morgan fingerprint density at radius 3 is 3.00 bits per heavy atom. The van der Waals surface area contributed by atoms with Crippen LogP contribution < -0.4 is 0 Å². The quantitative estimate of drug-likeness (QED) is 0.752. The van der Waals surface area contributed by atoms with Crippen molar-refractivity contribution in [3.8, 4) is 0 Å². The predicted molar refractivity (Wildman–Crippen MR) is 56.8 cm³/mol. The first-order valence-corrected chi connectivity index (χ1v) is 5.44. The monoisotopic (exact) mass is 259 g/mol. The van der Waals surface area contributed by atoms with E-state index in [9.17, 15) is 4.39 Å². The lowest BCUT2D eigenvalue weighted by Gasteiger charge is -1.98. The summed E-state index contributed by atoms with van der Waals surface area (Å²) in [6.45, 7) is 1.51. The van der Waals surface area contributed by atoms with Gasteiger partial charge in [-0.25, -0.2) is 4.39 Å². The van der Waals surface area contributed by atoms with E-state index in [0.29, 0.717) is 5.69 Å². The van der Waals surface area contributed by atoms with Crippen LogP contribution in [0.3, 0.4) is 0 Å². The van der Waals surface area contributed by atoms with Gasteiger partial charge in [0.1, 0.15) is 6.17 Å². The number of halogens is 2. The Kier molecular flexibility index (Phi) is 2.34. The minimum Gasteiger partial charge on any atom is -0.241 e. The summed E-state index contributed by atoms with van der Waals surface area (Å²) < 4.78 is 19.1. The van der Waals surface area contributed by atoms with Gasteiger partial charge in [0.05, 0.1) is 10.4 Å². The van der Waals surface area contributed by atoms with Crippen LogP contribution >= 0.6 is 27.5 Å². The Bertz CT molecular complexity index is 438. The van der Waals surface area contributed by atoms with Gasteiger partial charge in [0.2, 0.25) is 0 Å². The van der Waals surface area contributed by atoms with Gasteiger partial charge < -0.3 is 0 Å². The van der Waals surface area contributed by atoms with Crippen LogP contribution in [0.2, 0.25) is 0 Å². The molecular weight excluding hydrogens is 253 g/mol.